The lowest BCUT2D eigenvalue weighted by Crippen LogP contribution is -2.56. The number of rotatable bonds is 5. The number of aryl methyl sites for hydroxylation is 3. The van der Waals surface area contributed by atoms with Crippen LogP contribution in [0.15, 0.2) is 47.4 Å². The van der Waals surface area contributed by atoms with Gasteiger partial charge in [0.25, 0.3) is 5.91 Å². The van der Waals surface area contributed by atoms with Crippen LogP contribution in [0.2, 0.25) is 0 Å². The molecule has 4 rings (SSSR count). The molecule has 0 radical (unpaired) electrons. The van der Waals surface area contributed by atoms with Gasteiger partial charge in [0.15, 0.2) is 0 Å². The fourth-order valence-electron chi connectivity index (χ4n) is 3.69. The molecule has 0 unspecified atom stereocenters. The molecule has 1 aliphatic rings. The van der Waals surface area contributed by atoms with E-state index in [1.165, 1.54) is 0 Å². The van der Waals surface area contributed by atoms with Gasteiger partial charge in [-0.15, -0.1) is 0 Å². The summed E-state index contributed by atoms with van der Waals surface area (Å²) in [6, 6.07) is 11.5. The summed E-state index contributed by atoms with van der Waals surface area (Å²) in [5.41, 5.74) is 2.55. The largest absolute Gasteiger partial charge is 0.486 e. The maximum Gasteiger partial charge on any atom is 0.259 e. The maximum atomic E-state index is 13.0. The Balaban J connectivity index is 1.54. The third-order valence-corrected chi connectivity index (χ3v) is 5.41. The van der Waals surface area contributed by atoms with Crippen LogP contribution in [0.25, 0.3) is 11.0 Å². The Morgan fingerprint density at radius 3 is 2.66 bits per heavy atom. The molecule has 1 aromatic carbocycles. The first kappa shape index (κ1) is 19.2. The van der Waals surface area contributed by atoms with Crippen LogP contribution in [0.4, 0.5) is 0 Å². The monoisotopic (exact) mass is 391 g/mol. The van der Waals surface area contributed by atoms with Gasteiger partial charge >= 0.3 is 0 Å². The van der Waals surface area contributed by atoms with Gasteiger partial charge in [0.05, 0.1) is 18.5 Å². The van der Waals surface area contributed by atoms with E-state index < -0.39 is 0 Å². The predicted octanol–water partition coefficient (Wildman–Crippen LogP) is 3.19. The lowest BCUT2D eigenvalue weighted by atomic mass is 10.1. The molecule has 150 valence electrons. The molecular weight excluding hydrogens is 366 g/mol. The van der Waals surface area contributed by atoms with Crippen molar-refractivity contribution in [3.05, 3.63) is 69.6 Å². The van der Waals surface area contributed by atoms with Crippen molar-refractivity contribution in [2.24, 2.45) is 0 Å². The zero-order chi connectivity index (χ0) is 20.5. The van der Waals surface area contributed by atoms with Crippen LogP contribution in [0.3, 0.4) is 0 Å². The number of pyridine rings is 2. The topological polar surface area (TPSA) is 64.4 Å². The molecule has 3 heterocycles. The second kappa shape index (κ2) is 7.70. The second-order valence-corrected chi connectivity index (χ2v) is 7.39. The molecule has 1 amide bonds. The van der Waals surface area contributed by atoms with Crippen molar-refractivity contribution < 1.29 is 9.53 Å². The average molecular weight is 391 g/mol. The van der Waals surface area contributed by atoms with Crippen molar-refractivity contribution >= 4 is 16.9 Å². The van der Waals surface area contributed by atoms with Gasteiger partial charge in [-0.25, -0.2) is 4.98 Å². The predicted molar refractivity (Wildman–Crippen MR) is 113 cm³/mol. The molecular formula is C23H25N3O3. The summed E-state index contributed by atoms with van der Waals surface area (Å²) in [5, 5.41) is 0.480. The van der Waals surface area contributed by atoms with Crippen LogP contribution in [0.1, 0.15) is 35.5 Å². The number of amides is 1. The SMILES string of the molecule is CCc1ccccc1OC1CN(C(=O)c2cn(CC)c3nc(C)ccc3c2=O)C1. The van der Waals surface area contributed by atoms with Crippen molar-refractivity contribution in [1.29, 1.82) is 0 Å². The standard InChI is InChI=1S/C23H25N3O3/c1-4-16-8-6-7-9-20(16)29-17-12-26(13-17)23(28)19-14-25(5-2)22-18(21(19)27)11-10-15(3)24-22/h6-11,14,17H,4-5,12-13H2,1-3H3. The zero-order valence-corrected chi connectivity index (χ0v) is 17.0. The minimum Gasteiger partial charge on any atom is -0.486 e. The number of carbonyl (C=O) groups is 1. The van der Waals surface area contributed by atoms with E-state index in [2.05, 4.69) is 18.0 Å². The maximum absolute atomic E-state index is 13.0. The van der Waals surface area contributed by atoms with Crippen LogP contribution in [-0.4, -0.2) is 39.6 Å². The number of hydrogen-bond donors (Lipinski definition) is 0. The van der Waals surface area contributed by atoms with Crippen molar-refractivity contribution in [3.8, 4) is 5.75 Å². The molecule has 0 aliphatic carbocycles. The number of carbonyl (C=O) groups excluding carboxylic acids is 1. The van der Waals surface area contributed by atoms with Gasteiger partial charge in [0.2, 0.25) is 5.43 Å². The lowest BCUT2D eigenvalue weighted by molar-refractivity contribution is 0.0173. The van der Waals surface area contributed by atoms with E-state index in [9.17, 15) is 9.59 Å². The van der Waals surface area contributed by atoms with E-state index in [-0.39, 0.29) is 23.0 Å². The summed E-state index contributed by atoms with van der Waals surface area (Å²) in [4.78, 5) is 32.1. The summed E-state index contributed by atoms with van der Waals surface area (Å²) < 4.78 is 7.92. The lowest BCUT2D eigenvalue weighted by Gasteiger charge is -2.39. The number of nitrogens with zero attached hydrogens (tertiary/aromatic N) is 3. The Labute approximate surface area is 169 Å². The van der Waals surface area contributed by atoms with E-state index in [4.69, 9.17) is 4.74 Å². The number of likely N-dealkylation sites (tertiary alicyclic amines) is 1. The highest BCUT2D eigenvalue weighted by atomic mass is 16.5. The number of aromatic nitrogens is 2. The van der Waals surface area contributed by atoms with E-state index in [1.54, 1.807) is 23.2 Å². The molecule has 6 heteroatoms. The van der Waals surface area contributed by atoms with E-state index in [0.29, 0.717) is 30.7 Å². The summed E-state index contributed by atoms with van der Waals surface area (Å²) in [5.74, 6) is 0.621. The molecule has 0 N–H and O–H groups in total. The van der Waals surface area contributed by atoms with Gasteiger partial charge in [-0.1, -0.05) is 25.1 Å². The number of benzene rings is 1. The highest BCUT2D eigenvalue weighted by Gasteiger charge is 2.34. The van der Waals surface area contributed by atoms with Gasteiger partial charge < -0.3 is 14.2 Å². The minimum absolute atomic E-state index is 0.0511. The molecule has 0 atom stereocenters. The number of fused-ring (bicyclic) bond motifs is 1. The number of para-hydroxylation sites is 1. The van der Waals surface area contributed by atoms with Crippen LogP contribution in [0, 0.1) is 6.92 Å². The van der Waals surface area contributed by atoms with Crippen LogP contribution in [0.5, 0.6) is 5.75 Å². The fraction of sp³-hybridized carbons (Fsp3) is 0.348. The first-order valence-corrected chi connectivity index (χ1v) is 10.1. The number of hydrogen-bond acceptors (Lipinski definition) is 4. The molecule has 1 saturated heterocycles. The van der Waals surface area contributed by atoms with Crippen molar-refractivity contribution in [2.45, 2.75) is 39.8 Å². The zero-order valence-electron chi connectivity index (χ0n) is 17.0. The smallest absolute Gasteiger partial charge is 0.259 e. The van der Waals surface area contributed by atoms with Crippen LogP contribution < -0.4 is 10.2 Å². The molecule has 0 saturated carbocycles. The molecule has 0 spiro atoms. The highest BCUT2D eigenvalue weighted by molar-refractivity contribution is 5.97. The van der Waals surface area contributed by atoms with E-state index >= 15 is 0 Å². The van der Waals surface area contributed by atoms with Gasteiger partial charge in [-0.05, 0) is 44.0 Å². The van der Waals surface area contributed by atoms with E-state index in [0.717, 1.165) is 23.4 Å². The molecule has 6 nitrogen and oxygen atoms in total. The van der Waals surface area contributed by atoms with Gasteiger partial charge in [-0.2, -0.15) is 0 Å². The Bertz CT molecular complexity index is 1130. The van der Waals surface area contributed by atoms with Gasteiger partial charge in [-0.3, -0.25) is 9.59 Å². The number of ether oxygens (including phenoxy) is 1. The second-order valence-electron chi connectivity index (χ2n) is 7.39. The van der Waals surface area contributed by atoms with Gasteiger partial charge in [0, 0.05) is 18.4 Å². The summed E-state index contributed by atoms with van der Waals surface area (Å²) in [6.07, 6.45) is 2.48. The first-order valence-electron chi connectivity index (χ1n) is 10.1. The van der Waals surface area contributed by atoms with E-state index in [1.807, 2.05) is 36.6 Å². The van der Waals surface area contributed by atoms with Crippen molar-refractivity contribution in [1.82, 2.24) is 14.5 Å². The molecule has 1 fully saturated rings. The van der Waals surface area contributed by atoms with Crippen molar-refractivity contribution in [3.63, 3.8) is 0 Å². The Hall–Kier alpha value is -3.15. The minimum atomic E-state index is -0.261. The molecule has 0 bridgehead atoms. The van der Waals surface area contributed by atoms with Crippen LogP contribution >= 0.6 is 0 Å². The van der Waals surface area contributed by atoms with Crippen LogP contribution in [-0.2, 0) is 13.0 Å². The normalized spacial score (nSPS) is 14.1. The molecule has 29 heavy (non-hydrogen) atoms. The Morgan fingerprint density at radius 1 is 1.17 bits per heavy atom. The Kier molecular flexibility index (Phi) is 5.09. The summed E-state index contributed by atoms with van der Waals surface area (Å²) in [6.45, 7) is 7.54. The quantitative estimate of drug-likeness (QED) is 0.670. The van der Waals surface area contributed by atoms with Gasteiger partial charge in [0.1, 0.15) is 23.1 Å². The fourth-order valence-corrected chi connectivity index (χ4v) is 3.69. The molecule has 3 aromatic rings. The highest BCUT2D eigenvalue weighted by Crippen LogP contribution is 2.24. The molecule has 2 aromatic heterocycles. The Morgan fingerprint density at radius 2 is 1.93 bits per heavy atom. The summed E-state index contributed by atoms with van der Waals surface area (Å²) in [7, 11) is 0. The van der Waals surface area contributed by atoms with Crippen molar-refractivity contribution in [2.75, 3.05) is 13.1 Å². The average Bonchev–Trinajstić information content (AvgIpc) is 2.70. The third kappa shape index (κ3) is 3.50. The third-order valence-electron chi connectivity index (χ3n) is 5.41. The summed E-state index contributed by atoms with van der Waals surface area (Å²) >= 11 is 0. The molecule has 1 aliphatic heterocycles. The first-order chi connectivity index (χ1) is 14.0.